The summed E-state index contributed by atoms with van der Waals surface area (Å²) >= 11 is 7.98. The third-order valence-corrected chi connectivity index (χ3v) is 7.48. The summed E-state index contributed by atoms with van der Waals surface area (Å²) in [4.78, 5) is 19.8. The van der Waals surface area contributed by atoms with Gasteiger partial charge in [-0.3, -0.25) is 4.90 Å². The van der Waals surface area contributed by atoms with Crippen LogP contribution < -0.4 is 11.6 Å². The molecule has 0 saturated carbocycles. The Kier molecular flexibility index (Phi) is 11.8. The molecule has 40 heavy (non-hydrogen) atoms. The first-order valence-electron chi connectivity index (χ1n) is 13.0. The Balaban J connectivity index is 1.87. The number of hydrogen-bond acceptors (Lipinski definition) is 6. The molecule has 0 fully saturated rings. The molecule has 1 aromatic carbocycles. The van der Waals surface area contributed by atoms with Crippen LogP contribution >= 0.6 is 23.4 Å². The number of fused-ring (bicyclic) bond motifs is 3. The zero-order valence-electron chi connectivity index (χ0n) is 23.1. The quantitative estimate of drug-likeness (QED) is 0.106. The lowest BCUT2D eigenvalue weighted by molar-refractivity contribution is 0.107. The molecule has 3 rings (SSSR count). The highest BCUT2D eigenvalue weighted by molar-refractivity contribution is 8.03. The molecule has 0 saturated heterocycles. The third-order valence-electron chi connectivity index (χ3n) is 6.25. The lowest BCUT2D eigenvalue weighted by Crippen LogP contribution is -2.40. The van der Waals surface area contributed by atoms with Gasteiger partial charge in [0.2, 0.25) is 0 Å². The van der Waals surface area contributed by atoms with Crippen molar-refractivity contribution in [3.05, 3.63) is 119 Å². The summed E-state index contributed by atoms with van der Waals surface area (Å²) in [6.07, 6.45) is 16.9. The number of nitrogens with two attached hydrogens (primary N) is 2. The van der Waals surface area contributed by atoms with E-state index in [1.165, 1.54) is 11.8 Å². The molecule has 1 aromatic heterocycles. The van der Waals surface area contributed by atoms with E-state index in [0.29, 0.717) is 36.7 Å². The second-order valence-electron chi connectivity index (χ2n) is 9.42. The van der Waals surface area contributed by atoms with Crippen LogP contribution in [-0.2, 0) is 11.2 Å². The van der Waals surface area contributed by atoms with Gasteiger partial charge < -0.3 is 20.5 Å². The van der Waals surface area contributed by atoms with Crippen LogP contribution in [0.5, 0.6) is 0 Å². The zero-order valence-corrected chi connectivity index (χ0v) is 24.7. The van der Waals surface area contributed by atoms with Crippen LogP contribution in [-0.4, -0.2) is 39.8 Å². The van der Waals surface area contributed by atoms with E-state index in [-0.39, 0.29) is 6.04 Å². The number of carbonyl (C=O) groups excluding carboxylic acids is 1. The first-order valence-corrected chi connectivity index (χ1v) is 14.4. The van der Waals surface area contributed by atoms with Crippen molar-refractivity contribution in [2.45, 2.75) is 32.7 Å². The molecule has 1 unspecified atom stereocenters. The second-order valence-corrected chi connectivity index (χ2v) is 11.0. The predicted octanol–water partition coefficient (Wildman–Crippen LogP) is 7.25. The van der Waals surface area contributed by atoms with Crippen molar-refractivity contribution in [2.24, 2.45) is 11.6 Å². The Bertz CT molecular complexity index is 1370. The summed E-state index contributed by atoms with van der Waals surface area (Å²) < 4.78 is 5.76. The van der Waals surface area contributed by atoms with E-state index in [4.69, 9.17) is 27.9 Å². The van der Waals surface area contributed by atoms with Crippen LogP contribution in [0.4, 0.5) is 4.79 Å². The molecule has 1 atom stereocenters. The van der Waals surface area contributed by atoms with Crippen molar-refractivity contribution < 1.29 is 9.53 Å². The predicted molar refractivity (Wildman–Crippen MR) is 169 cm³/mol. The van der Waals surface area contributed by atoms with Crippen molar-refractivity contribution in [1.82, 2.24) is 14.9 Å². The number of rotatable bonds is 12. The number of halogens is 1. The van der Waals surface area contributed by atoms with Crippen molar-refractivity contribution in [3.63, 3.8) is 0 Å². The molecule has 1 amide bonds. The molecule has 2 heterocycles. The number of aromatic nitrogens is 1. The highest BCUT2D eigenvalue weighted by atomic mass is 35.5. The molecule has 0 spiro atoms. The van der Waals surface area contributed by atoms with E-state index in [1.54, 1.807) is 46.1 Å². The molecule has 9 heteroatoms. The van der Waals surface area contributed by atoms with E-state index in [9.17, 15) is 4.79 Å². The van der Waals surface area contributed by atoms with E-state index in [0.717, 1.165) is 32.8 Å². The number of amides is 1. The van der Waals surface area contributed by atoms with Gasteiger partial charge in [0.05, 0.1) is 6.04 Å². The van der Waals surface area contributed by atoms with E-state index < -0.39 is 6.09 Å². The second kappa shape index (κ2) is 15.3. The Hall–Kier alpha value is -3.59. The number of thioether (sulfide) groups is 1. The van der Waals surface area contributed by atoms with E-state index in [2.05, 4.69) is 24.2 Å². The molecule has 0 aliphatic carbocycles. The minimum absolute atomic E-state index is 0.252. The summed E-state index contributed by atoms with van der Waals surface area (Å²) in [6.45, 7) is 12.7. The van der Waals surface area contributed by atoms with Gasteiger partial charge in [-0.15, -0.1) is 11.8 Å². The van der Waals surface area contributed by atoms with E-state index >= 15 is 0 Å². The van der Waals surface area contributed by atoms with Crippen LogP contribution in [0.2, 0.25) is 5.02 Å². The normalized spacial score (nSPS) is 15.9. The van der Waals surface area contributed by atoms with Gasteiger partial charge in [-0.25, -0.2) is 10.6 Å². The molecule has 5 N–H and O–H groups in total. The van der Waals surface area contributed by atoms with Gasteiger partial charge in [0.1, 0.15) is 5.76 Å². The van der Waals surface area contributed by atoms with Gasteiger partial charge in [0, 0.05) is 57.8 Å². The number of allylic oxidation sites excluding steroid dienone is 7. The van der Waals surface area contributed by atoms with Crippen molar-refractivity contribution in [1.29, 1.82) is 0 Å². The summed E-state index contributed by atoms with van der Waals surface area (Å²) in [5.74, 6) is 7.04. The largest absolute Gasteiger partial charge is 0.415 e. The zero-order chi connectivity index (χ0) is 29.1. The van der Waals surface area contributed by atoms with Gasteiger partial charge in [-0.05, 0) is 68.7 Å². The molecule has 212 valence electrons. The number of carbonyl (C=O) groups is 1. The number of hydrogen-bond donors (Lipinski definition) is 3. The summed E-state index contributed by atoms with van der Waals surface area (Å²) in [6, 6.07) is 5.57. The van der Waals surface area contributed by atoms with Crippen LogP contribution in [0.15, 0.2) is 103 Å². The van der Waals surface area contributed by atoms with Crippen molar-refractivity contribution in [2.75, 3.05) is 18.8 Å². The molecular formula is C31H38ClN5O2S. The average Bonchev–Trinajstić information content (AvgIpc) is 3.29. The standard InChI is InChI=1S/C31H38ClN5O2S/c1-5-8-25(40-20-19-36(34)18-16-33)9-7-10-29-30-26(27-21-23(32)12-14-28(27)35-30)15-17-37(29)31(38)39-24(6-2)13-11-22(3)4/h5-9,11-14,16,18,21,29,35H,1-2,10,15,17,19-20,33-34H2,3-4H3/b9-7-,18-16-,24-13+,25-8+. The number of hydrazine groups is 1. The maximum Gasteiger partial charge on any atom is 0.415 e. The Morgan fingerprint density at radius 1 is 1.30 bits per heavy atom. The Labute approximate surface area is 246 Å². The van der Waals surface area contributed by atoms with Gasteiger partial charge in [-0.2, -0.15) is 0 Å². The fourth-order valence-electron chi connectivity index (χ4n) is 4.39. The Morgan fingerprint density at radius 2 is 2.10 bits per heavy atom. The minimum atomic E-state index is -0.415. The molecular weight excluding hydrogens is 542 g/mol. The third kappa shape index (κ3) is 8.45. The fourth-order valence-corrected chi connectivity index (χ4v) is 5.48. The molecule has 7 nitrogen and oxygen atoms in total. The van der Waals surface area contributed by atoms with Crippen molar-refractivity contribution in [3.8, 4) is 0 Å². The first kappa shape index (κ1) is 30.9. The van der Waals surface area contributed by atoms with Gasteiger partial charge >= 0.3 is 6.09 Å². The van der Waals surface area contributed by atoms with Crippen LogP contribution in [0.25, 0.3) is 10.9 Å². The highest BCUT2D eigenvalue weighted by Crippen LogP contribution is 2.38. The summed E-state index contributed by atoms with van der Waals surface area (Å²) in [5.41, 5.74) is 9.66. The number of nitrogens with one attached hydrogen (secondary N) is 1. The smallest absolute Gasteiger partial charge is 0.410 e. The lowest BCUT2D eigenvalue weighted by atomic mass is 9.95. The number of benzene rings is 1. The monoisotopic (exact) mass is 579 g/mol. The molecule has 0 bridgehead atoms. The average molecular weight is 580 g/mol. The van der Waals surface area contributed by atoms with Crippen LogP contribution in [0.1, 0.15) is 37.6 Å². The molecule has 1 aliphatic heterocycles. The maximum atomic E-state index is 13.4. The lowest BCUT2D eigenvalue weighted by Gasteiger charge is -2.34. The first-order chi connectivity index (χ1) is 19.3. The van der Waals surface area contributed by atoms with E-state index in [1.807, 2.05) is 50.3 Å². The highest BCUT2D eigenvalue weighted by Gasteiger charge is 2.34. The number of ether oxygens (including phenoxy) is 1. The summed E-state index contributed by atoms with van der Waals surface area (Å²) in [5, 5.41) is 3.31. The molecule has 1 aliphatic rings. The maximum absolute atomic E-state index is 13.4. The van der Waals surface area contributed by atoms with Gasteiger partial charge in [0.25, 0.3) is 0 Å². The fraction of sp³-hybridized carbons (Fsp3) is 0.258. The number of H-pyrrole nitrogens is 1. The molecule has 2 aromatic rings. The van der Waals surface area contributed by atoms with Crippen molar-refractivity contribution >= 4 is 40.4 Å². The van der Waals surface area contributed by atoms with Crippen LogP contribution in [0.3, 0.4) is 0 Å². The Morgan fingerprint density at radius 3 is 2.80 bits per heavy atom. The summed E-state index contributed by atoms with van der Waals surface area (Å²) in [7, 11) is 0. The van der Waals surface area contributed by atoms with Gasteiger partial charge in [-0.1, -0.05) is 54.6 Å². The SMILES string of the molecule is C=C/C=C(\C=C/CC1c2[nH]c3ccc(Cl)cc3c2CCN1C(=O)O/C(C=C)=C/C=C(C)C)SCCN(N)/C=C\N. The van der Waals surface area contributed by atoms with Gasteiger partial charge in [0.15, 0.2) is 0 Å². The number of nitrogens with zero attached hydrogens (tertiary/aromatic N) is 2. The minimum Gasteiger partial charge on any atom is -0.410 e. The molecule has 0 radical (unpaired) electrons. The van der Waals surface area contributed by atoms with Crippen LogP contribution in [0, 0.1) is 0 Å². The topological polar surface area (TPSA) is 101 Å². The number of aromatic amines is 1.